The van der Waals surface area contributed by atoms with Gasteiger partial charge in [-0.25, -0.2) is 0 Å². The highest BCUT2D eigenvalue weighted by Gasteiger charge is 2.61. The molecule has 230 valence electrons. The second-order valence-electron chi connectivity index (χ2n) is 16.2. The lowest BCUT2D eigenvalue weighted by Crippen LogP contribution is -2.55. The smallest absolute Gasteiger partial charge is 0.217 e. The van der Waals surface area contributed by atoms with Crippen molar-refractivity contribution in [1.29, 1.82) is 5.26 Å². The molecule has 1 fully saturated rings. The Kier molecular flexibility index (Phi) is 10.4. The van der Waals surface area contributed by atoms with Gasteiger partial charge in [0.2, 0.25) is 5.91 Å². The Labute approximate surface area is 250 Å². The van der Waals surface area contributed by atoms with Gasteiger partial charge in [-0.2, -0.15) is 5.26 Å². The van der Waals surface area contributed by atoms with Gasteiger partial charge in [0.15, 0.2) is 11.6 Å². The molecule has 0 heterocycles. The van der Waals surface area contributed by atoms with Crippen LogP contribution in [-0.2, 0) is 14.4 Å². The SMILES string of the molecule is CCCC(C)(C)CC[C@](C)(CCC(N)=O)CCC(C)(C)[C@]1(C)CC[C@H]2C(C)(C)C(=O)C(C#N)=C[C@]2(C)/C1=C/C(C)=O. The summed E-state index contributed by atoms with van der Waals surface area (Å²) in [5, 5.41) is 9.90. The first-order valence-corrected chi connectivity index (χ1v) is 15.8. The maximum atomic E-state index is 13.2. The first kappa shape index (κ1) is 35.0. The number of carbonyl (C=O) groups is 3. The Morgan fingerprint density at radius 3 is 2.12 bits per heavy atom. The number of Topliss-reactive ketones (excluding diaryl/α,β-unsaturated/α-hetero) is 1. The van der Waals surface area contributed by atoms with Crippen LogP contribution in [0.1, 0.15) is 140 Å². The summed E-state index contributed by atoms with van der Waals surface area (Å²) in [6.45, 7) is 23.8. The Morgan fingerprint density at radius 1 is 1.02 bits per heavy atom. The van der Waals surface area contributed by atoms with Gasteiger partial charge in [-0.15, -0.1) is 0 Å². The summed E-state index contributed by atoms with van der Waals surface area (Å²) >= 11 is 0. The van der Waals surface area contributed by atoms with Crippen LogP contribution in [0.3, 0.4) is 0 Å². The molecule has 4 atom stereocenters. The quantitative estimate of drug-likeness (QED) is 0.225. The molecule has 0 radical (unpaired) electrons. The van der Waals surface area contributed by atoms with Gasteiger partial charge in [-0.3, -0.25) is 14.4 Å². The van der Waals surface area contributed by atoms with E-state index in [1.54, 1.807) is 6.92 Å². The lowest BCUT2D eigenvalue weighted by molar-refractivity contribution is -0.131. The van der Waals surface area contributed by atoms with Crippen molar-refractivity contribution in [3.05, 3.63) is 23.3 Å². The standard InChI is InChI=1S/C36H58N2O3/c1-12-15-31(3,4)18-20-34(9,16-14-29(38)40)21-19-32(5,6)36(11)17-13-27-33(7,8)30(41)26(24-37)23-35(27,10)28(36)22-25(2)39/h22-23,27H,12-21H2,1-11H3,(H2,38,40)/b28-22-/t27-,34-,35-,36+/m0/s1. The third-order valence-electron chi connectivity index (χ3n) is 11.6. The maximum absolute atomic E-state index is 13.2. The number of fused-ring (bicyclic) bond motifs is 1. The molecule has 2 aliphatic carbocycles. The number of primary amides is 1. The molecular weight excluding hydrogens is 508 g/mol. The van der Waals surface area contributed by atoms with Crippen LogP contribution in [0.5, 0.6) is 0 Å². The zero-order valence-corrected chi connectivity index (χ0v) is 28.1. The third kappa shape index (κ3) is 7.23. The first-order chi connectivity index (χ1) is 18.6. The number of rotatable bonds is 13. The zero-order chi connectivity index (χ0) is 31.7. The molecule has 0 aromatic rings. The van der Waals surface area contributed by atoms with Gasteiger partial charge in [0, 0.05) is 17.3 Å². The van der Waals surface area contributed by atoms with Crippen LogP contribution in [-0.4, -0.2) is 17.5 Å². The predicted octanol–water partition coefficient (Wildman–Crippen LogP) is 8.67. The number of nitriles is 1. The van der Waals surface area contributed by atoms with Gasteiger partial charge in [-0.05, 0) is 91.9 Å². The molecule has 0 aromatic carbocycles. The van der Waals surface area contributed by atoms with E-state index in [1.807, 2.05) is 26.0 Å². The molecule has 1 saturated carbocycles. The van der Waals surface area contributed by atoms with Crippen LogP contribution in [0, 0.1) is 49.7 Å². The highest BCUT2D eigenvalue weighted by Crippen LogP contribution is 2.67. The lowest BCUT2D eigenvalue weighted by Gasteiger charge is -2.61. The van der Waals surface area contributed by atoms with E-state index in [0.29, 0.717) is 6.42 Å². The molecule has 2 rings (SSSR count). The maximum Gasteiger partial charge on any atom is 0.217 e. The van der Waals surface area contributed by atoms with E-state index in [4.69, 9.17) is 5.73 Å². The summed E-state index contributed by atoms with van der Waals surface area (Å²) < 4.78 is 0. The van der Waals surface area contributed by atoms with E-state index < -0.39 is 10.8 Å². The predicted molar refractivity (Wildman–Crippen MR) is 168 cm³/mol. The van der Waals surface area contributed by atoms with Gasteiger partial charge in [0.05, 0.1) is 5.57 Å². The van der Waals surface area contributed by atoms with E-state index in [9.17, 15) is 19.6 Å². The van der Waals surface area contributed by atoms with Crippen molar-refractivity contribution in [2.24, 2.45) is 44.1 Å². The molecule has 1 amide bonds. The van der Waals surface area contributed by atoms with Crippen LogP contribution in [0.4, 0.5) is 0 Å². The lowest BCUT2D eigenvalue weighted by atomic mass is 9.42. The van der Waals surface area contributed by atoms with Crippen molar-refractivity contribution < 1.29 is 14.4 Å². The Morgan fingerprint density at radius 2 is 1.61 bits per heavy atom. The molecule has 0 spiro atoms. The highest BCUT2D eigenvalue weighted by molar-refractivity contribution is 6.04. The molecule has 5 heteroatoms. The largest absolute Gasteiger partial charge is 0.370 e. The molecule has 0 aromatic heterocycles. The van der Waals surface area contributed by atoms with Gasteiger partial charge in [0.1, 0.15) is 6.07 Å². The number of amides is 1. The van der Waals surface area contributed by atoms with E-state index in [-0.39, 0.29) is 50.6 Å². The summed E-state index contributed by atoms with van der Waals surface area (Å²) in [4.78, 5) is 37.8. The van der Waals surface area contributed by atoms with Crippen LogP contribution in [0.25, 0.3) is 0 Å². The minimum Gasteiger partial charge on any atom is -0.370 e. The number of hydrogen-bond acceptors (Lipinski definition) is 4. The molecule has 0 aliphatic heterocycles. The van der Waals surface area contributed by atoms with Crippen molar-refractivity contribution in [2.75, 3.05) is 0 Å². The van der Waals surface area contributed by atoms with Crippen LogP contribution < -0.4 is 5.73 Å². The van der Waals surface area contributed by atoms with E-state index >= 15 is 0 Å². The van der Waals surface area contributed by atoms with E-state index in [0.717, 1.165) is 56.9 Å². The second kappa shape index (κ2) is 12.2. The van der Waals surface area contributed by atoms with Crippen LogP contribution in [0.15, 0.2) is 23.3 Å². The molecule has 0 bridgehead atoms. The van der Waals surface area contributed by atoms with Gasteiger partial charge >= 0.3 is 0 Å². The fourth-order valence-electron chi connectivity index (χ4n) is 8.25. The van der Waals surface area contributed by atoms with Crippen molar-refractivity contribution in [3.63, 3.8) is 0 Å². The first-order valence-electron chi connectivity index (χ1n) is 15.8. The highest BCUT2D eigenvalue weighted by atomic mass is 16.1. The molecule has 0 unspecified atom stereocenters. The fourth-order valence-corrected chi connectivity index (χ4v) is 8.25. The normalized spacial score (nSPS) is 28.8. The minimum absolute atomic E-state index is 0.00466. The minimum atomic E-state index is -0.686. The molecule has 0 saturated heterocycles. The molecule has 2 aliphatic rings. The summed E-state index contributed by atoms with van der Waals surface area (Å²) in [6.07, 6.45) is 12.9. The second-order valence-corrected chi connectivity index (χ2v) is 16.2. The number of hydrogen-bond donors (Lipinski definition) is 1. The average molecular weight is 567 g/mol. The number of carbonyl (C=O) groups excluding carboxylic acids is 3. The monoisotopic (exact) mass is 566 g/mol. The van der Waals surface area contributed by atoms with Crippen LogP contribution >= 0.6 is 0 Å². The number of nitrogens with zero attached hydrogens (tertiary/aromatic N) is 1. The van der Waals surface area contributed by atoms with E-state index in [1.165, 1.54) is 6.42 Å². The fraction of sp³-hybridized carbons (Fsp3) is 0.778. The van der Waals surface area contributed by atoms with Crippen molar-refractivity contribution in [3.8, 4) is 6.07 Å². The number of allylic oxidation sites excluding steroid dienone is 4. The summed E-state index contributed by atoms with van der Waals surface area (Å²) in [7, 11) is 0. The van der Waals surface area contributed by atoms with Crippen molar-refractivity contribution in [2.45, 2.75) is 140 Å². The topological polar surface area (TPSA) is 101 Å². The molecular formula is C36H58N2O3. The Hall–Kier alpha value is -2.22. The van der Waals surface area contributed by atoms with Gasteiger partial charge in [0.25, 0.3) is 0 Å². The summed E-state index contributed by atoms with van der Waals surface area (Å²) in [5.74, 6) is -0.336. The summed E-state index contributed by atoms with van der Waals surface area (Å²) in [5.41, 5.74) is 5.35. The number of nitrogens with two attached hydrogens (primary N) is 1. The zero-order valence-electron chi connectivity index (χ0n) is 28.1. The van der Waals surface area contributed by atoms with Gasteiger partial charge < -0.3 is 5.73 Å². The van der Waals surface area contributed by atoms with Crippen molar-refractivity contribution in [1.82, 2.24) is 0 Å². The Bertz CT molecular complexity index is 1130. The van der Waals surface area contributed by atoms with Gasteiger partial charge in [-0.1, -0.05) is 87.3 Å². The number of ketones is 2. The van der Waals surface area contributed by atoms with E-state index in [2.05, 4.69) is 61.5 Å². The average Bonchev–Trinajstić information content (AvgIpc) is 2.85. The molecule has 5 nitrogen and oxygen atoms in total. The third-order valence-corrected chi connectivity index (χ3v) is 11.6. The summed E-state index contributed by atoms with van der Waals surface area (Å²) in [6, 6.07) is 2.17. The molecule has 41 heavy (non-hydrogen) atoms. The van der Waals surface area contributed by atoms with Crippen molar-refractivity contribution >= 4 is 17.5 Å². The van der Waals surface area contributed by atoms with Crippen LogP contribution in [0.2, 0.25) is 0 Å². The Balaban J connectivity index is 2.52. The molecule has 2 N–H and O–H groups in total.